The second kappa shape index (κ2) is 9.37. The first-order valence-corrected chi connectivity index (χ1v) is 9.83. The molecule has 0 spiro atoms. The first-order valence-electron chi connectivity index (χ1n) is 6.84. The molecule has 0 saturated carbocycles. The number of amides is 2. The number of rotatable bonds is 6. The number of carbonyl (C=O) groups is 4. The zero-order valence-corrected chi connectivity index (χ0v) is 18.5. The van der Waals surface area contributed by atoms with E-state index in [0.29, 0.717) is 9.99 Å². The Morgan fingerprint density at radius 1 is 1.23 bits per heavy atom. The summed E-state index contributed by atoms with van der Waals surface area (Å²) in [7, 11) is -5.02. The molecule has 1 atom stereocenters. The van der Waals surface area contributed by atoms with Crippen LogP contribution >= 0.6 is 22.6 Å². The van der Waals surface area contributed by atoms with Gasteiger partial charge in [-0.05, 0) is 17.7 Å². The smallest absolute Gasteiger partial charge is 0.747 e. The van der Waals surface area contributed by atoms with Crippen molar-refractivity contribution in [2.45, 2.75) is 18.1 Å². The Hall–Kier alpha value is -0.860. The van der Waals surface area contributed by atoms with Gasteiger partial charge in [0.2, 0.25) is 0 Å². The van der Waals surface area contributed by atoms with Crippen LogP contribution in [0.1, 0.15) is 22.3 Å². The van der Waals surface area contributed by atoms with Gasteiger partial charge in [-0.15, -0.1) is 5.06 Å². The number of nitrogens with zero attached hydrogens (tertiary/aromatic N) is 1. The summed E-state index contributed by atoms with van der Waals surface area (Å²) < 4.78 is 33.1. The fourth-order valence-electron chi connectivity index (χ4n) is 2.07. The van der Waals surface area contributed by atoms with Crippen molar-refractivity contribution in [3.8, 4) is 0 Å². The Kier molecular flexibility index (Phi) is 8.35. The monoisotopic (exact) mass is 503 g/mol. The van der Waals surface area contributed by atoms with Crippen molar-refractivity contribution < 1.29 is 66.5 Å². The molecule has 26 heavy (non-hydrogen) atoms. The quantitative estimate of drug-likeness (QED) is 0.132. The van der Waals surface area contributed by atoms with Gasteiger partial charge in [-0.2, -0.15) is 0 Å². The van der Waals surface area contributed by atoms with Gasteiger partial charge in [-0.1, -0.05) is 34.7 Å². The fourth-order valence-corrected chi connectivity index (χ4v) is 3.03. The zero-order valence-electron chi connectivity index (χ0n) is 13.5. The zero-order chi connectivity index (χ0) is 18.8. The number of halogens is 1. The molecule has 0 radical (unpaired) electrons. The Morgan fingerprint density at radius 2 is 1.81 bits per heavy atom. The average molecular weight is 503 g/mol. The van der Waals surface area contributed by atoms with Crippen LogP contribution in [0.25, 0.3) is 0 Å². The molecule has 0 N–H and O–H groups in total. The molecule has 0 aliphatic carbocycles. The van der Waals surface area contributed by atoms with E-state index >= 15 is 0 Å². The molecule has 1 aliphatic rings. The summed E-state index contributed by atoms with van der Waals surface area (Å²) in [6.45, 7) is 0. The normalized spacial score (nSPS) is 17.0. The molecule has 1 unspecified atom stereocenters. The summed E-state index contributed by atoms with van der Waals surface area (Å²) in [5.74, 6) is -3.55. The predicted molar refractivity (Wildman–Crippen MR) is 89.4 cm³/mol. The maximum Gasteiger partial charge on any atom is 1.00 e. The molecule has 2 rings (SSSR count). The van der Waals surface area contributed by atoms with Gasteiger partial charge in [-0.25, -0.2) is 13.2 Å². The van der Waals surface area contributed by atoms with E-state index in [9.17, 15) is 32.1 Å². The standard InChI is InChI=1S/C14H12INO8S.Na/c15-7-10(17)5-8-1-3-9(4-2-8)14(20)24-16-12(18)6-11(13(16)19)25(21,22)23;/h1-4,11H,5-7H2,(H,21,22,23);/q;+1/p-1. The van der Waals surface area contributed by atoms with E-state index in [2.05, 4.69) is 4.84 Å². The van der Waals surface area contributed by atoms with Crippen LogP contribution in [-0.2, 0) is 35.8 Å². The minimum absolute atomic E-state index is 0. The van der Waals surface area contributed by atoms with Gasteiger partial charge in [-0.3, -0.25) is 14.4 Å². The van der Waals surface area contributed by atoms with Crippen LogP contribution in [0.15, 0.2) is 24.3 Å². The van der Waals surface area contributed by atoms with E-state index in [0.717, 1.165) is 0 Å². The molecule has 1 aromatic carbocycles. The Balaban J connectivity index is 0.00000338. The number of Topliss-reactive ketones (excluding diaryl/α,β-unsaturated/α-hetero) is 1. The second-order valence-corrected chi connectivity index (χ2v) is 7.45. The largest absolute Gasteiger partial charge is 1.00 e. The third-order valence-corrected chi connectivity index (χ3v) is 5.24. The van der Waals surface area contributed by atoms with Crippen LogP contribution in [-0.4, -0.2) is 51.3 Å². The van der Waals surface area contributed by atoms with Crippen LogP contribution in [0.2, 0.25) is 0 Å². The van der Waals surface area contributed by atoms with E-state index < -0.39 is 39.6 Å². The van der Waals surface area contributed by atoms with Crippen molar-refractivity contribution in [3.63, 3.8) is 0 Å². The SMILES string of the molecule is O=C(CI)Cc1ccc(C(=O)ON2C(=O)CC(S(=O)(=O)[O-])C2=O)cc1.[Na+]. The van der Waals surface area contributed by atoms with E-state index in [1.807, 2.05) is 22.6 Å². The number of alkyl halides is 1. The molecule has 2 amide bonds. The molecule has 1 aromatic rings. The van der Waals surface area contributed by atoms with Gasteiger partial charge in [0, 0.05) is 6.42 Å². The molecule has 134 valence electrons. The molecule has 0 aromatic heterocycles. The summed E-state index contributed by atoms with van der Waals surface area (Å²) >= 11 is 1.94. The molecular weight excluding hydrogens is 492 g/mol. The predicted octanol–water partition coefficient (Wildman–Crippen LogP) is -3.02. The van der Waals surface area contributed by atoms with Gasteiger partial charge < -0.3 is 9.39 Å². The third-order valence-electron chi connectivity index (χ3n) is 3.32. The van der Waals surface area contributed by atoms with Gasteiger partial charge in [0.15, 0.2) is 0 Å². The van der Waals surface area contributed by atoms with Crippen LogP contribution in [0.3, 0.4) is 0 Å². The molecule has 1 heterocycles. The number of hydroxylamine groups is 2. The summed E-state index contributed by atoms with van der Waals surface area (Å²) in [5.41, 5.74) is 0.656. The molecular formula is C14H11INNaO8S. The van der Waals surface area contributed by atoms with Gasteiger partial charge in [0.25, 0.3) is 11.8 Å². The van der Waals surface area contributed by atoms with Crippen LogP contribution in [0.5, 0.6) is 0 Å². The van der Waals surface area contributed by atoms with Crippen LogP contribution in [0.4, 0.5) is 0 Å². The minimum Gasteiger partial charge on any atom is -0.747 e. The summed E-state index contributed by atoms with van der Waals surface area (Å²) in [6.07, 6.45) is -0.667. The van der Waals surface area contributed by atoms with E-state index in [4.69, 9.17) is 0 Å². The van der Waals surface area contributed by atoms with Crippen molar-refractivity contribution in [2.75, 3.05) is 4.43 Å². The maximum atomic E-state index is 12.0. The molecule has 12 heteroatoms. The fraction of sp³-hybridized carbons (Fsp3) is 0.286. The molecule has 9 nitrogen and oxygen atoms in total. The van der Waals surface area contributed by atoms with Gasteiger partial charge in [0.1, 0.15) is 21.2 Å². The Bertz CT molecular complexity index is 839. The second-order valence-electron chi connectivity index (χ2n) is 5.14. The van der Waals surface area contributed by atoms with Crippen molar-refractivity contribution in [1.29, 1.82) is 0 Å². The number of hydrogen-bond acceptors (Lipinski definition) is 8. The average Bonchev–Trinajstić information content (AvgIpc) is 2.83. The molecule has 0 bridgehead atoms. The van der Waals surface area contributed by atoms with Crippen LogP contribution in [0, 0.1) is 0 Å². The number of hydrogen-bond donors (Lipinski definition) is 0. The van der Waals surface area contributed by atoms with Crippen LogP contribution < -0.4 is 29.6 Å². The maximum absolute atomic E-state index is 12.0. The number of ketones is 1. The topological polar surface area (TPSA) is 138 Å². The molecule has 1 fully saturated rings. The summed E-state index contributed by atoms with van der Waals surface area (Å²) in [6, 6.07) is 5.70. The molecule has 1 aliphatic heterocycles. The number of imide groups is 1. The molecule has 1 saturated heterocycles. The van der Waals surface area contributed by atoms with Gasteiger partial charge >= 0.3 is 35.5 Å². The summed E-state index contributed by atoms with van der Waals surface area (Å²) in [5, 5.41) is -2.09. The first-order chi connectivity index (χ1) is 11.6. The van der Waals surface area contributed by atoms with E-state index in [-0.39, 0.29) is 52.4 Å². The number of carbonyl (C=O) groups excluding carboxylic acids is 4. The van der Waals surface area contributed by atoms with Crippen molar-refractivity contribution >= 4 is 56.3 Å². The summed E-state index contributed by atoms with van der Waals surface area (Å²) in [4.78, 5) is 51.3. The minimum atomic E-state index is -5.02. The van der Waals surface area contributed by atoms with Crippen molar-refractivity contribution in [2.24, 2.45) is 0 Å². The van der Waals surface area contributed by atoms with E-state index in [1.165, 1.54) is 24.3 Å². The van der Waals surface area contributed by atoms with E-state index in [1.54, 1.807) is 0 Å². The number of benzene rings is 1. The van der Waals surface area contributed by atoms with Crippen molar-refractivity contribution in [3.05, 3.63) is 35.4 Å². The Labute approximate surface area is 184 Å². The van der Waals surface area contributed by atoms with Gasteiger partial charge in [0.05, 0.1) is 16.4 Å². The van der Waals surface area contributed by atoms with Crippen molar-refractivity contribution in [1.82, 2.24) is 5.06 Å². The Morgan fingerprint density at radius 3 is 2.27 bits per heavy atom. The first kappa shape index (κ1) is 23.2. The third kappa shape index (κ3) is 5.57.